The van der Waals surface area contributed by atoms with E-state index >= 15 is 0 Å². The SMILES string of the molecule is O=C(NC1(c2ccc(F)cc2)CCC1)c1n[nH]c2c1CC1C(c3ccc(F)cc3F)C21. The van der Waals surface area contributed by atoms with Crippen LogP contribution >= 0.6 is 0 Å². The monoisotopic (exact) mass is 423 g/mol. The van der Waals surface area contributed by atoms with E-state index in [2.05, 4.69) is 15.5 Å². The number of H-pyrrole nitrogens is 1. The highest BCUT2D eigenvalue weighted by atomic mass is 19.1. The molecule has 3 aromatic rings. The van der Waals surface area contributed by atoms with Crippen LogP contribution in [0.5, 0.6) is 0 Å². The molecule has 31 heavy (non-hydrogen) atoms. The van der Waals surface area contributed by atoms with Gasteiger partial charge in [0.25, 0.3) is 5.91 Å². The zero-order valence-electron chi connectivity index (χ0n) is 16.6. The molecule has 2 fully saturated rings. The van der Waals surface area contributed by atoms with Crippen molar-refractivity contribution >= 4 is 5.91 Å². The fraction of sp³-hybridized carbons (Fsp3) is 0.333. The van der Waals surface area contributed by atoms with E-state index < -0.39 is 17.2 Å². The predicted octanol–water partition coefficient (Wildman–Crippen LogP) is 4.69. The van der Waals surface area contributed by atoms with Crippen molar-refractivity contribution in [3.8, 4) is 0 Å². The summed E-state index contributed by atoms with van der Waals surface area (Å²) in [7, 11) is 0. The van der Waals surface area contributed by atoms with Gasteiger partial charge < -0.3 is 5.32 Å². The van der Waals surface area contributed by atoms with Gasteiger partial charge in [-0.05, 0) is 66.8 Å². The summed E-state index contributed by atoms with van der Waals surface area (Å²) in [6.07, 6.45) is 3.23. The Hall–Kier alpha value is -3.09. The first-order valence-corrected chi connectivity index (χ1v) is 10.6. The van der Waals surface area contributed by atoms with Gasteiger partial charge in [0.2, 0.25) is 0 Å². The molecule has 3 aliphatic carbocycles. The number of hydrogen-bond acceptors (Lipinski definition) is 2. The van der Waals surface area contributed by atoms with Gasteiger partial charge in [-0.2, -0.15) is 5.10 Å². The van der Waals surface area contributed by atoms with Crippen LogP contribution in [0.1, 0.15) is 64.0 Å². The van der Waals surface area contributed by atoms with Crippen LogP contribution in [0.3, 0.4) is 0 Å². The summed E-state index contributed by atoms with van der Waals surface area (Å²) in [6, 6.07) is 9.99. The number of nitrogens with zero attached hydrogens (tertiary/aromatic N) is 1. The molecule has 3 unspecified atom stereocenters. The number of amides is 1. The molecule has 3 atom stereocenters. The Labute approximate surface area is 176 Å². The Bertz CT molecular complexity index is 1200. The van der Waals surface area contributed by atoms with Crippen molar-refractivity contribution in [2.45, 2.75) is 43.1 Å². The maximum atomic E-state index is 14.2. The lowest BCUT2D eigenvalue weighted by Crippen LogP contribution is -2.51. The van der Waals surface area contributed by atoms with Gasteiger partial charge in [-0.1, -0.05) is 18.2 Å². The van der Waals surface area contributed by atoms with Crippen LogP contribution in [0, 0.1) is 23.4 Å². The highest BCUT2D eigenvalue weighted by molar-refractivity contribution is 5.95. The summed E-state index contributed by atoms with van der Waals surface area (Å²) >= 11 is 0. The summed E-state index contributed by atoms with van der Waals surface area (Å²) in [6.45, 7) is 0. The van der Waals surface area contributed by atoms with E-state index in [1.165, 1.54) is 24.3 Å². The highest BCUT2D eigenvalue weighted by Gasteiger charge is 2.59. The molecule has 7 heteroatoms. The molecule has 6 rings (SSSR count). The maximum absolute atomic E-state index is 14.2. The van der Waals surface area contributed by atoms with Crippen LogP contribution < -0.4 is 5.32 Å². The zero-order valence-corrected chi connectivity index (χ0v) is 16.6. The standard InChI is InChI=1S/C24H20F3N3O/c25-13-4-2-12(3-5-13)24(8-1-9-24)28-23(31)22-17-11-16-19(20(16)21(17)29-30-22)15-7-6-14(26)10-18(15)27/h2-7,10,16,19-20H,1,8-9,11H2,(H,28,31)(H,29,30). The van der Waals surface area contributed by atoms with Crippen LogP contribution in [0.25, 0.3) is 0 Å². The molecule has 3 aliphatic rings. The molecule has 0 saturated heterocycles. The number of benzene rings is 2. The Morgan fingerprint density at radius 1 is 1.03 bits per heavy atom. The fourth-order valence-corrected chi connectivity index (χ4v) is 5.56. The number of carbonyl (C=O) groups is 1. The van der Waals surface area contributed by atoms with E-state index in [1.54, 1.807) is 12.1 Å². The Morgan fingerprint density at radius 2 is 1.77 bits per heavy atom. The lowest BCUT2D eigenvalue weighted by atomic mass is 9.71. The van der Waals surface area contributed by atoms with Crippen molar-refractivity contribution in [2.24, 2.45) is 5.92 Å². The number of aromatic nitrogens is 2. The minimum Gasteiger partial charge on any atom is -0.341 e. The predicted molar refractivity (Wildman–Crippen MR) is 107 cm³/mol. The van der Waals surface area contributed by atoms with Crippen LogP contribution in [0.2, 0.25) is 0 Å². The normalized spacial score (nSPS) is 24.8. The van der Waals surface area contributed by atoms with Gasteiger partial charge in [-0.3, -0.25) is 9.89 Å². The first-order valence-electron chi connectivity index (χ1n) is 10.6. The van der Waals surface area contributed by atoms with Crippen LogP contribution in [-0.2, 0) is 12.0 Å². The average Bonchev–Trinajstić information content (AvgIpc) is 3.05. The third kappa shape index (κ3) is 2.75. The number of carbonyl (C=O) groups excluding carboxylic acids is 1. The quantitative estimate of drug-likeness (QED) is 0.640. The van der Waals surface area contributed by atoms with E-state index in [9.17, 15) is 18.0 Å². The van der Waals surface area contributed by atoms with Crippen molar-refractivity contribution < 1.29 is 18.0 Å². The molecular weight excluding hydrogens is 403 g/mol. The molecule has 0 radical (unpaired) electrons. The number of nitrogens with one attached hydrogen (secondary N) is 2. The van der Waals surface area contributed by atoms with Gasteiger partial charge in [0.15, 0.2) is 5.69 Å². The molecule has 1 heterocycles. The van der Waals surface area contributed by atoms with E-state index in [1.807, 2.05) is 0 Å². The number of hydrogen-bond donors (Lipinski definition) is 2. The van der Waals surface area contributed by atoms with E-state index in [-0.39, 0.29) is 29.5 Å². The molecule has 158 valence electrons. The first kappa shape index (κ1) is 18.7. The summed E-state index contributed by atoms with van der Waals surface area (Å²) in [5.41, 5.74) is 3.09. The smallest absolute Gasteiger partial charge is 0.272 e. The number of fused-ring (bicyclic) bond motifs is 3. The highest BCUT2D eigenvalue weighted by Crippen LogP contribution is 2.66. The summed E-state index contributed by atoms with van der Waals surface area (Å²) in [5.74, 6) is -1.39. The summed E-state index contributed by atoms with van der Waals surface area (Å²) < 4.78 is 40.8. The maximum Gasteiger partial charge on any atom is 0.272 e. The fourth-order valence-electron chi connectivity index (χ4n) is 5.56. The van der Waals surface area contributed by atoms with Gasteiger partial charge in [0.1, 0.15) is 17.5 Å². The Morgan fingerprint density at radius 3 is 2.45 bits per heavy atom. The molecular formula is C24H20F3N3O. The Balaban J connectivity index is 1.23. The lowest BCUT2D eigenvalue weighted by Gasteiger charge is -2.43. The van der Waals surface area contributed by atoms with Crippen molar-refractivity contribution in [3.63, 3.8) is 0 Å². The number of halogens is 3. The molecule has 0 bridgehead atoms. The molecule has 1 amide bonds. The lowest BCUT2D eigenvalue weighted by molar-refractivity contribution is 0.0817. The second-order valence-electron chi connectivity index (χ2n) is 8.95. The average molecular weight is 423 g/mol. The van der Waals surface area contributed by atoms with Crippen LogP contribution in [0.15, 0.2) is 42.5 Å². The molecule has 2 saturated carbocycles. The largest absolute Gasteiger partial charge is 0.341 e. The van der Waals surface area contributed by atoms with Crippen molar-refractivity contribution in [1.82, 2.24) is 15.5 Å². The van der Waals surface area contributed by atoms with Crippen molar-refractivity contribution in [2.75, 3.05) is 0 Å². The molecule has 2 N–H and O–H groups in total. The molecule has 1 aromatic heterocycles. The third-order valence-corrected chi connectivity index (χ3v) is 7.33. The van der Waals surface area contributed by atoms with Gasteiger partial charge in [-0.15, -0.1) is 0 Å². The summed E-state index contributed by atoms with van der Waals surface area (Å²) in [5, 5.41) is 10.4. The second kappa shape index (κ2) is 6.45. The topological polar surface area (TPSA) is 57.8 Å². The van der Waals surface area contributed by atoms with Gasteiger partial charge in [0, 0.05) is 23.2 Å². The van der Waals surface area contributed by atoms with Gasteiger partial charge >= 0.3 is 0 Å². The number of aromatic amines is 1. The molecule has 0 aliphatic heterocycles. The molecule has 4 nitrogen and oxygen atoms in total. The van der Waals surface area contributed by atoms with E-state index in [0.29, 0.717) is 17.7 Å². The molecule has 0 spiro atoms. The minimum absolute atomic E-state index is 0.0124. The summed E-state index contributed by atoms with van der Waals surface area (Å²) in [4.78, 5) is 13.1. The van der Waals surface area contributed by atoms with Crippen molar-refractivity contribution in [1.29, 1.82) is 0 Å². The van der Waals surface area contributed by atoms with E-state index in [4.69, 9.17) is 0 Å². The zero-order chi connectivity index (χ0) is 21.3. The van der Waals surface area contributed by atoms with Crippen LogP contribution in [0.4, 0.5) is 13.2 Å². The van der Waals surface area contributed by atoms with E-state index in [0.717, 1.165) is 42.1 Å². The van der Waals surface area contributed by atoms with Crippen LogP contribution in [-0.4, -0.2) is 16.1 Å². The van der Waals surface area contributed by atoms with Crippen molar-refractivity contribution in [3.05, 3.63) is 88.0 Å². The van der Waals surface area contributed by atoms with Gasteiger partial charge in [-0.25, -0.2) is 13.2 Å². The third-order valence-electron chi connectivity index (χ3n) is 7.33. The minimum atomic E-state index is -0.584. The second-order valence-corrected chi connectivity index (χ2v) is 8.95. The number of rotatable bonds is 4. The Kier molecular flexibility index (Phi) is 3.88. The van der Waals surface area contributed by atoms with Gasteiger partial charge in [0.05, 0.1) is 5.54 Å². The molecule has 2 aromatic carbocycles. The first-order chi connectivity index (χ1) is 15.0.